The zero-order valence-corrected chi connectivity index (χ0v) is 13.5. The van der Waals surface area contributed by atoms with Gasteiger partial charge < -0.3 is 10.4 Å². The van der Waals surface area contributed by atoms with Crippen LogP contribution in [0, 0.1) is 0 Å². The Balaban J connectivity index is 1.88. The van der Waals surface area contributed by atoms with E-state index in [2.05, 4.69) is 5.32 Å². The van der Waals surface area contributed by atoms with Gasteiger partial charge in [-0.2, -0.15) is 0 Å². The molecule has 0 aliphatic heterocycles. The fourth-order valence-electron chi connectivity index (χ4n) is 2.71. The average molecular weight is 331 g/mol. The molecule has 0 saturated carbocycles. The third-order valence-electron chi connectivity index (χ3n) is 3.94. The molecule has 4 heteroatoms. The van der Waals surface area contributed by atoms with E-state index in [0.717, 1.165) is 11.1 Å². The number of rotatable bonds is 5. The van der Waals surface area contributed by atoms with Crippen LogP contribution in [-0.2, 0) is 6.54 Å². The van der Waals surface area contributed by atoms with Crippen molar-refractivity contribution in [2.75, 3.05) is 0 Å². The highest BCUT2D eigenvalue weighted by Crippen LogP contribution is 2.27. The topological polar surface area (TPSA) is 66.4 Å². The van der Waals surface area contributed by atoms with Crippen LogP contribution >= 0.6 is 0 Å². The summed E-state index contributed by atoms with van der Waals surface area (Å²) in [5, 5.41) is 12.3. The molecule has 3 aromatic rings. The minimum Gasteiger partial charge on any atom is -0.478 e. The van der Waals surface area contributed by atoms with Crippen LogP contribution < -0.4 is 5.32 Å². The molecule has 0 heterocycles. The highest BCUT2D eigenvalue weighted by molar-refractivity contribution is 5.97. The quantitative estimate of drug-likeness (QED) is 0.743. The average Bonchev–Trinajstić information content (AvgIpc) is 2.67. The Morgan fingerprint density at radius 2 is 1.36 bits per heavy atom. The van der Waals surface area contributed by atoms with Gasteiger partial charge in [-0.1, -0.05) is 60.7 Å². The summed E-state index contributed by atoms with van der Waals surface area (Å²) < 4.78 is 0. The van der Waals surface area contributed by atoms with Crippen molar-refractivity contribution < 1.29 is 14.7 Å². The second-order valence-corrected chi connectivity index (χ2v) is 5.56. The third kappa shape index (κ3) is 3.75. The summed E-state index contributed by atoms with van der Waals surface area (Å²) in [5.74, 6) is -1.14. The second-order valence-electron chi connectivity index (χ2n) is 5.56. The van der Waals surface area contributed by atoms with Gasteiger partial charge in [0.1, 0.15) is 0 Å². The van der Waals surface area contributed by atoms with Crippen LogP contribution in [0.3, 0.4) is 0 Å². The number of hydrogen-bond donors (Lipinski definition) is 2. The van der Waals surface area contributed by atoms with Crippen molar-refractivity contribution in [2.45, 2.75) is 6.54 Å². The number of hydrogen-bond acceptors (Lipinski definition) is 2. The molecule has 4 nitrogen and oxygen atoms in total. The Hall–Kier alpha value is -3.40. The summed E-state index contributed by atoms with van der Waals surface area (Å²) in [6, 6.07) is 23.3. The molecule has 0 aromatic heterocycles. The van der Waals surface area contributed by atoms with E-state index in [-0.39, 0.29) is 11.5 Å². The zero-order valence-electron chi connectivity index (χ0n) is 13.5. The van der Waals surface area contributed by atoms with Crippen LogP contribution in [0.4, 0.5) is 0 Å². The van der Waals surface area contributed by atoms with E-state index in [1.807, 2.05) is 42.5 Å². The molecule has 0 spiro atoms. The van der Waals surface area contributed by atoms with Crippen molar-refractivity contribution in [3.63, 3.8) is 0 Å². The number of carboxylic acids is 1. The molecule has 0 radical (unpaired) electrons. The monoisotopic (exact) mass is 331 g/mol. The maximum Gasteiger partial charge on any atom is 0.336 e. The number of carboxylic acid groups (broad SMARTS) is 1. The highest BCUT2D eigenvalue weighted by Gasteiger charge is 2.14. The Morgan fingerprint density at radius 3 is 2.08 bits per heavy atom. The molecule has 3 rings (SSSR count). The van der Waals surface area contributed by atoms with Crippen molar-refractivity contribution in [1.29, 1.82) is 0 Å². The van der Waals surface area contributed by atoms with E-state index in [9.17, 15) is 14.7 Å². The van der Waals surface area contributed by atoms with Gasteiger partial charge in [0.05, 0.1) is 5.56 Å². The maximum atomic E-state index is 12.2. The van der Waals surface area contributed by atoms with Crippen molar-refractivity contribution in [2.24, 2.45) is 0 Å². The Bertz CT molecular complexity index is 904. The molecule has 0 bridgehead atoms. The van der Waals surface area contributed by atoms with E-state index in [1.165, 1.54) is 0 Å². The second kappa shape index (κ2) is 7.45. The molecule has 124 valence electrons. The van der Waals surface area contributed by atoms with E-state index < -0.39 is 5.97 Å². The van der Waals surface area contributed by atoms with Crippen molar-refractivity contribution in [3.05, 3.63) is 95.6 Å². The lowest BCUT2D eigenvalue weighted by molar-refractivity contribution is 0.0697. The molecule has 0 unspecified atom stereocenters. The summed E-state index contributed by atoms with van der Waals surface area (Å²) >= 11 is 0. The van der Waals surface area contributed by atoms with Crippen molar-refractivity contribution in [1.82, 2.24) is 5.32 Å². The normalized spacial score (nSPS) is 10.2. The molecule has 2 N–H and O–H groups in total. The van der Waals surface area contributed by atoms with Gasteiger partial charge >= 0.3 is 5.97 Å². The smallest absolute Gasteiger partial charge is 0.336 e. The first-order valence-corrected chi connectivity index (χ1v) is 7.90. The largest absolute Gasteiger partial charge is 0.478 e. The van der Waals surface area contributed by atoms with Crippen LogP contribution in [0.25, 0.3) is 11.1 Å². The fraction of sp³-hybridized carbons (Fsp3) is 0.0476. The van der Waals surface area contributed by atoms with Gasteiger partial charge in [0.15, 0.2) is 0 Å². The van der Waals surface area contributed by atoms with E-state index >= 15 is 0 Å². The van der Waals surface area contributed by atoms with E-state index in [4.69, 9.17) is 0 Å². The minimum atomic E-state index is -0.973. The van der Waals surface area contributed by atoms with Crippen LogP contribution in [0.15, 0.2) is 78.9 Å². The Morgan fingerprint density at radius 1 is 0.760 bits per heavy atom. The van der Waals surface area contributed by atoms with Crippen molar-refractivity contribution >= 4 is 11.9 Å². The molecular formula is C21H17NO3. The highest BCUT2D eigenvalue weighted by atomic mass is 16.4. The van der Waals surface area contributed by atoms with Gasteiger partial charge in [0.2, 0.25) is 0 Å². The van der Waals surface area contributed by atoms with Gasteiger partial charge in [-0.3, -0.25) is 4.79 Å². The molecule has 0 aliphatic rings. The fourth-order valence-corrected chi connectivity index (χ4v) is 2.71. The molecule has 25 heavy (non-hydrogen) atoms. The summed E-state index contributed by atoms with van der Waals surface area (Å²) in [7, 11) is 0. The van der Waals surface area contributed by atoms with E-state index in [1.54, 1.807) is 36.4 Å². The lowest BCUT2D eigenvalue weighted by atomic mass is 9.95. The molecule has 0 atom stereocenters. The van der Waals surface area contributed by atoms with Gasteiger partial charge in [0, 0.05) is 12.1 Å². The minimum absolute atomic E-state index is 0.165. The lowest BCUT2D eigenvalue weighted by Crippen LogP contribution is -2.23. The molecule has 0 saturated heterocycles. The Kier molecular flexibility index (Phi) is 4.90. The van der Waals surface area contributed by atoms with Gasteiger partial charge in [-0.05, 0) is 34.9 Å². The summed E-state index contributed by atoms with van der Waals surface area (Å²) in [4.78, 5) is 23.7. The first kappa shape index (κ1) is 16.5. The molecular weight excluding hydrogens is 314 g/mol. The number of benzene rings is 3. The lowest BCUT2D eigenvalue weighted by Gasteiger charge is -2.13. The zero-order chi connectivity index (χ0) is 17.6. The molecule has 0 fully saturated rings. The standard InChI is InChI=1S/C21H17NO3/c23-20(15-8-2-1-3-9-15)22-14-16-10-4-5-11-17(16)18-12-6-7-13-19(18)21(24)25/h1-13H,14H2,(H,22,23)(H,24,25). The van der Waals surface area contributed by atoms with Crippen molar-refractivity contribution in [3.8, 4) is 11.1 Å². The predicted molar refractivity (Wildman–Crippen MR) is 96.4 cm³/mol. The summed E-state index contributed by atoms with van der Waals surface area (Å²) in [5.41, 5.74) is 3.13. The third-order valence-corrected chi connectivity index (χ3v) is 3.94. The van der Waals surface area contributed by atoms with E-state index in [0.29, 0.717) is 17.7 Å². The maximum absolute atomic E-state index is 12.2. The van der Waals surface area contributed by atoms with Gasteiger partial charge in [0.25, 0.3) is 5.91 Å². The van der Waals surface area contributed by atoms with Crippen LogP contribution in [0.2, 0.25) is 0 Å². The van der Waals surface area contributed by atoms with Gasteiger partial charge in [-0.25, -0.2) is 4.79 Å². The predicted octanol–water partition coefficient (Wildman–Crippen LogP) is 3.98. The number of aromatic carboxylic acids is 1. The van der Waals surface area contributed by atoms with Crippen LogP contribution in [0.1, 0.15) is 26.3 Å². The molecule has 1 amide bonds. The molecule has 0 aliphatic carbocycles. The number of amides is 1. The van der Waals surface area contributed by atoms with Crippen LogP contribution in [-0.4, -0.2) is 17.0 Å². The summed E-state index contributed by atoms with van der Waals surface area (Å²) in [6.07, 6.45) is 0. The number of carbonyl (C=O) groups is 2. The van der Waals surface area contributed by atoms with Gasteiger partial charge in [-0.15, -0.1) is 0 Å². The number of carbonyl (C=O) groups excluding carboxylic acids is 1. The first-order valence-electron chi connectivity index (χ1n) is 7.90. The molecule has 3 aromatic carbocycles. The Labute approximate surface area is 145 Å². The first-order chi connectivity index (χ1) is 12.2. The van der Waals surface area contributed by atoms with Crippen LogP contribution in [0.5, 0.6) is 0 Å². The SMILES string of the molecule is O=C(NCc1ccccc1-c1ccccc1C(=O)O)c1ccccc1. The summed E-state index contributed by atoms with van der Waals surface area (Å²) in [6.45, 7) is 0.317. The number of nitrogens with one attached hydrogen (secondary N) is 1.